The number of carbonyl (C=O) groups is 3. The summed E-state index contributed by atoms with van der Waals surface area (Å²) >= 11 is 0. The average Bonchev–Trinajstić information content (AvgIpc) is 3.12. The molecule has 0 saturated heterocycles. The number of hydrogen-bond donors (Lipinski definition) is 2. The second-order valence-corrected chi connectivity index (χ2v) is 7.25. The third kappa shape index (κ3) is 4.87. The molecule has 166 valence electrons. The Labute approximate surface area is 185 Å². The first kappa shape index (κ1) is 22.8. The molecule has 1 aliphatic heterocycles. The highest BCUT2D eigenvalue weighted by atomic mass is 16.5. The van der Waals surface area contributed by atoms with E-state index in [1.54, 1.807) is 25.1 Å². The van der Waals surface area contributed by atoms with Crippen molar-refractivity contribution < 1.29 is 23.9 Å². The molecular weight excluding hydrogens is 412 g/mol. The molecule has 1 aliphatic rings. The van der Waals surface area contributed by atoms with Crippen LogP contribution in [0.1, 0.15) is 39.5 Å². The third-order valence-corrected chi connectivity index (χ3v) is 5.08. The fourth-order valence-electron chi connectivity index (χ4n) is 3.49. The molecule has 1 heterocycles. The van der Waals surface area contributed by atoms with Crippen molar-refractivity contribution in [2.75, 3.05) is 13.2 Å². The van der Waals surface area contributed by atoms with Crippen LogP contribution >= 0.6 is 0 Å². The number of nitriles is 1. The predicted molar refractivity (Wildman–Crippen MR) is 114 cm³/mol. The molecule has 1 unspecified atom stereocenters. The van der Waals surface area contributed by atoms with Crippen molar-refractivity contribution in [1.82, 2.24) is 10.2 Å². The molecule has 0 bridgehead atoms. The van der Waals surface area contributed by atoms with Crippen LogP contribution in [0.2, 0.25) is 0 Å². The van der Waals surface area contributed by atoms with Gasteiger partial charge >= 0.3 is 0 Å². The van der Waals surface area contributed by atoms with Crippen molar-refractivity contribution in [2.45, 2.75) is 33.2 Å². The van der Waals surface area contributed by atoms with Gasteiger partial charge in [-0.25, -0.2) is 0 Å². The van der Waals surface area contributed by atoms with Crippen LogP contribution in [0.15, 0.2) is 36.4 Å². The molecule has 2 aromatic carbocycles. The molecule has 0 radical (unpaired) electrons. The first-order chi connectivity index (χ1) is 15.3. The van der Waals surface area contributed by atoms with Crippen molar-refractivity contribution in [3.63, 3.8) is 0 Å². The van der Waals surface area contributed by atoms with E-state index < -0.39 is 18.0 Å². The van der Waals surface area contributed by atoms with Gasteiger partial charge < -0.3 is 25.4 Å². The Bertz CT molecular complexity index is 1090. The van der Waals surface area contributed by atoms with Crippen LogP contribution in [0.4, 0.5) is 0 Å². The van der Waals surface area contributed by atoms with Gasteiger partial charge in [0, 0.05) is 24.3 Å². The number of nitrogens with zero attached hydrogens (tertiary/aromatic N) is 2. The second-order valence-electron chi connectivity index (χ2n) is 7.25. The standard InChI is InChI=1S/C23H24N4O5/c1-3-31-23(27-12-18-14(2)5-4-6-17(18)22(27)30)21(29)26-11-16-8-7-15(10-24)9-19(16)32-13-20(25)28/h4-9,23H,3,11-13H2,1-2H3,(H2,25,28)(H,26,29). The van der Waals surface area contributed by atoms with Gasteiger partial charge in [0.1, 0.15) is 5.75 Å². The van der Waals surface area contributed by atoms with Crippen LogP contribution in [0.5, 0.6) is 5.75 Å². The Morgan fingerprint density at radius 1 is 1.31 bits per heavy atom. The molecule has 3 amide bonds. The number of benzene rings is 2. The van der Waals surface area contributed by atoms with E-state index in [0.717, 1.165) is 11.1 Å². The minimum atomic E-state index is -1.10. The topological polar surface area (TPSA) is 135 Å². The highest BCUT2D eigenvalue weighted by Gasteiger charge is 2.37. The smallest absolute Gasteiger partial charge is 0.270 e. The molecule has 32 heavy (non-hydrogen) atoms. The van der Waals surface area contributed by atoms with Crippen LogP contribution in [0.25, 0.3) is 0 Å². The Morgan fingerprint density at radius 3 is 2.75 bits per heavy atom. The molecule has 3 N–H and O–H groups in total. The normalized spacial score (nSPS) is 13.3. The number of nitrogens with two attached hydrogens (primary N) is 1. The van der Waals surface area contributed by atoms with Gasteiger partial charge in [0.05, 0.1) is 18.2 Å². The lowest BCUT2D eigenvalue weighted by Gasteiger charge is -2.26. The fourth-order valence-corrected chi connectivity index (χ4v) is 3.49. The maximum atomic E-state index is 13.0. The first-order valence-electron chi connectivity index (χ1n) is 10.1. The van der Waals surface area contributed by atoms with Gasteiger partial charge in [0.25, 0.3) is 17.7 Å². The molecule has 0 spiro atoms. The number of hydrogen-bond acceptors (Lipinski definition) is 6. The Hall–Kier alpha value is -3.90. The van der Waals surface area contributed by atoms with Gasteiger partial charge in [0.15, 0.2) is 6.61 Å². The zero-order chi connectivity index (χ0) is 23.3. The lowest BCUT2D eigenvalue weighted by Crippen LogP contribution is -2.48. The fraction of sp³-hybridized carbons (Fsp3) is 0.304. The molecular formula is C23H24N4O5. The molecule has 9 heteroatoms. The Kier molecular flexibility index (Phi) is 7.07. The highest BCUT2D eigenvalue weighted by molar-refractivity contribution is 6.01. The summed E-state index contributed by atoms with van der Waals surface area (Å²) in [4.78, 5) is 38.3. The summed E-state index contributed by atoms with van der Waals surface area (Å²) in [6.45, 7) is 3.86. The largest absolute Gasteiger partial charge is 0.483 e. The van der Waals surface area contributed by atoms with E-state index in [1.807, 2.05) is 25.1 Å². The van der Waals surface area contributed by atoms with Gasteiger partial charge in [-0.15, -0.1) is 0 Å². The number of amides is 3. The SMILES string of the molecule is CCOC(C(=O)NCc1ccc(C#N)cc1OCC(N)=O)N1Cc2c(C)cccc2C1=O. The van der Waals surface area contributed by atoms with E-state index in [4.69, 9.17) is 20.5 Å². The number of aryl methyl sites for hydroxylation is 1. The Morgan fingerprint density at radius 2 is 2.09 bits per heavy atom. The van der Waals surface area contributed by atoms with E-state index >= 15 is 0 Å². The van der Waals surface area contributed by atoms with Crippen molar-refractivity contribution in [3.8, 4) is 11.8 Å². The van der Waals surface area contributed by atoms with E-state index in [9.17, 15) is 14.4 Å². The lowest BCUT2D eigenvalue weighted by atomic mass is 10.1. The summed E-state index contributed by atoms with van der Waals surface area (Å²) in [6, 6.07) is 12.1. The van der Waals surface area contributed by atoms with Crippen molar-refractivity contribution >= 4 is 17.7 Å². The molecule has 0 fully saturated rings. The first-order valence-corrected chi connectivity index (χ1v) is 10.1. The number of fused-ring (bicyclic) bond motifs is 1. The molecule has 0 aromatic heterocycles. The third-order valence-electron chi connectivity index (χ3n) is 5.08. The van der Waals surface area contributed by atoms with Crippen molar-refractivity contribution in [3.05, 3.63) is 64.2 Å². The quantitative estimate of drug-likeness (QED) is 0.610. The summed E-state index contributed by atoms with van der Waals surface area (Å²) in [7, 11) is 0. The van der Waals surface area contributed by atoms with Gasteiger partial charge in [-0.05, 0) is 43.2 Å². The molecule has 3 rings (SSSR count). The molecule has 1 atom stereocenters. The van der Waals surface area contributed by atoms with E-state index in [1.165, 1.54) is 11.0 Å². The lowest BCUT2D eigenvalue weighted by molar-refractivity contribution is -0.143. The van der Waals surface area contributed by atoms with Crippen LogP contribution in [-0.4, -0.2) is 42.1 Å². The van der Waals surface area contributed by atoms with Crippen molar-refractivity contribution in [1.29, 1.82) is 5.26 Å². The number of primary amides is 1. The zero-order valence-corrected chi connectivity index (χ0v) is 17.9. The molecule has 2 aromatic rings. The minimum absolute atomic E-state index is 0.0379. The Balaban J connectivity index is 1.75. The second kappa shape index (κ2) is 9.94. The number of nitrogens with one attached hydrogen (secondary N) is 1. The van der Waals surface area contributed by atoms with Crippen LogP contribution < -0.4 is 15.8 Å². The van der Waals surface area contributed by atoms with Gasteiger partial charge in [-0.2, -0.15) is 5.26 Å². The number of carbonyl (C=O) groups excluding carboxylic acids is 3. The maximum Gasteiger partial charge on any atom is 0.270 e. The summed E-state index contributed by atoms with van der Waals surface area (Å²) in [6.07, 6.45) is -1.10. The number of ether oxygens (including phenoxy) is 2. The summed E-state index contributed by atoms with van der Waals surface area (Å²) in [5.74, 6) is -1.16. The van der Waals surface area contributed by atoms with Gasteiger partial charge in [0.2, 0.25) is 6.23 Å². The van der Waals surface area contributed by atoms with Crippen LogP contribution in [-0.2, 0) is 27.4 Å². The van der Waals surface area contributed by atoms with Crippen molar-refractivity contribution in [2.24, 2.45) is 5.73 Å². The van der Waals surface area contributed by atoms with E-state index in [-0.39, 0.29) is 38.0 Å². The predicted octanol–water partition coefficient (Wildman–Crippen LogP) is 1.37. The number of rotatable bonds is 9. The summed E-state index contributed by atoms with van der Waals surface area (Å²) < 4.78 is 11.0. The van der Waals surface area contributed by atoms with Crippen LogP contribution in [0.3, 0.4) is 0 Å². The van der Waals surface area contributed by atoms with Gasteiger partial charge in [-0.3, -0.25) is 14.4 Å². The van der Waals surface area contributed by atoms with E-state index in [2.05, 4.69) is 5.32 Å². The van der Waals surface area contributed by atoms with E-state index in [0.29, 0.717) is 16.7 Å². The highest BCUT2D eigenvalue weighted by Crippen LogP contribution is 2.28. The monoisotopic (exact) mass is 436 g/mol. The van der Waals surface area contributed by atoms with Crippen LogP contribution in [0, 0.1) is 18.3 Å². The molecule has 0 aliphatic carbocycles. The molecule has 9 nitrogen and oxygen atoms in total. The van der Waals surface area contributed by atoms with Gasteiger partial charge in [-0.1, -0.05) is 18.2 Å². The average molecular weight is 436 g/mol. The zero-order valence-electron chi connectivity index (χ0n) is 17.9. The summed E-state index contributed by atoms with van der Waals surface area (Å²) in [5.41, 5.74) is 8.43. The maximum absolute atomic E-state index is 13.0. The molecule has 0 saturated carbocycles. The summed E-state index contributed by atoms with van der Waals surface area (Å²) in [5, 5.41) is 11.9. The minimum Gasteiger partial charge on any atom is -0.483 e.